The van der Waals surface area contributed by atoms with Crippen molar-refractivity contribution in [3.05, 3.63) is 53.3 Å². The van der Waals surface area contributed by atoms with Crippen molar-refractivity contribution in [2.24, 2.45) is 5.92 Å². The van der Waals surface area contributed by atoms with Gasteiger partial charge in [-0.3, -0.25) is 14.1 Å². The van der Waals surface area contributed by atoms with Crippen molar-refractivity contribution in [1.29, 1.82) is 0 Å². The van der Waals surface area contributed by atoms with Crippen molar-refractivity contribution in [1.82, 2.24) is 4.98 Å². The van der Waals surface area contributed by atoms with Gasteiger partial charge in [0, 0.05) is 25.3 Å². The zero-order valence-electron chi connectivity index (χ0n) is 17.8. The smallest absolute Gasteiger partial charge is 0.310 e. The molecule has 0 saturated heterocycles. The van der Waals surface area contributed by atoms with E-state index >= 15 is 0 Å². The van der Waals surface area contributed by atoms with Crippen molar-refractivity contribution in [3.63, 3.8) is 0 Å². The lowest BCUT2D eigenvalue weighted by molar-refractivity contribution is -0.153. The molecule has 0 aliphatic carbocycles. The number of hydrogen-bond acceptors (Lipinski definition) is 6. The Morgan fingerprint density at radius 3 is 2.67 bits per heavy atom. The zero-order valence-corrected chi connectivity index (χ0v) is 18.6. The van der Waals surface area contributed by atoms with Gasteiger partial charge in [-0.25, -0.2) is 8.42 Å². The van der Waals surface area contributed by atoms with Gasteiger partial charge in [-0.15, -0.1) is 0 Å². The van der Waals surface area contributed by atoms with Crippen LogP contribution in [0.1, 0.15) is 37.6 Å². The molecule has 30 heavy (non-hydrogen) atoms. The van der Waals surface area contributed by atoms with Crippen molar-refractivity contribution in [3.8, 4) is 0 Å². The van der Waals surface area contributed by atoms with E-state index in [9.17, 15) is 18.3 Å². The molecule has 0 saturated carbocycles. The summed E-state index contributed by atoms with van der Waals surface area (Å²) in [5, 5.41) is 9.69. The SMILES string of the molecule is Cc1cccc(S(=O)(=O)N2CC(CO)Cc3ncc(CC(=O)OC(C)(C)C)cc32)c1. The maximum absolute atomic E-state index is 13.4. The Hall–Kier alpha value is -2.45. The fraction of sp³-hybridized carbons (Fsp3) is 0.455. The molecule has 0 radical (unpaired) electrons. The number of rotatable bonds is 5. The van der Waals surface area contributed by atoms with E-state index in [1.54, 1.807) is 51.2 Å². The van der Waals surface area contributed by atoms with E-state index in [0.29, 0.717) is 23.4 Å². The van der Waals surface area contributed by atoms with E-state index in [1.807, 2.05) is 13.0 Å². The van der Waals surface area contributed by atoms with Crippen LogP contribution in [0.2, 0.25) is 0 Å². The predicted octanol–water partition coefficient (Wildman–Crippen LogP) is 2.63. The Morgan fingerprint density at radius 1 is 1.30 bits per heavy atom. The molecule has 1 aliphatic rings. The standard InChI is InChI=1S/C22H28N2O5S/c1-15-6-5-7-18(8-15)30(27,28)24-13-17(14-25)9-19-20(24)10-16(12-23-19)11-21(26)29-22(2,3)4/h5-8,10,12,17,25H,9,11,13-14H2,1-4H3. The molecule has 1 unspecified atom stereocenters. The van der Waals surface area contributed by atoms with Crippen molar-refractivity contribution in [2.45, 2.75) is 51.0 Å². The number of hydrogen-bond donors (Lipinski definition) is 1. The summed E-state index contributed by atoms with van der Waals surface area (Å²) in [4.78, 5) is 16.8. The van der Waals surface area contributed by atoms with Gasteiger partial charge < -0.3 is 9.84 Å². The van der Waals surface area contributed by atoms with Crippen LogP contribution in [0, 0.1) is 12.8 Å². The Morgan fingerprint density at radius 2 is 2.03 bits per heavy atom. The van der Waals surface area contributed by atoms with Gasteiger partial charge >= 0.3 is 5.97 Å². The lowest BCUT2D eigenvalue weighted by atomic mass is 9.97. The van der Waals surface area contributed by atoms with Gasteiger partial charge in [-0.1, -0.05) is 12.1 Å². The highest BCUT2D eigenvalue weighted by molar-refractivity contribution is 7.92. The molecule has 2 aromatic rings. The number of fused-ring (bicyclic) bond motifs is 1. The Kier molecular flexibility index (Phi) is 6.19. The number of pyridine rings is 1. The lowest BCUT2D eigenvalue weighted by Crippen LogP contribution is -2.41. The molecule has 7 nitrogen and oxygen atoms in total. The quantitative estimate of drug-likeness (QED) is 0.730. The van der Waals surface area contributed by atoms with Gasteiger partial charge in [-0.2, -0.15) is 0 Å². The van der Waals surface area contributed by atoms with Crippen LogP contribution in [0.15, 0.2) is 41.4 Å². The van der Waals surface area contributed by atoms with Crippen LogP contribution in [0.3, 0.4) is 0 Å². The first-order valence-corrected chi connectivity index (χ1v) is 11.3. The molecular weight excluding hydrogens is 404 g/mol. The second kappa shape index (κ2) is 8.35. The average Bonchev–Trinajstić information content (AvgIpc) is 2.65. The third kappa shape index (κ3) is 4.99. The Balaban J connectivity index is 1.99. The van der Waals surface area contributed by atoms with E-state index in [-0.39, 0.29) is 30.4 Å². The van der Waals surface area contributed by atoms with Gasteiger partial charge in [-0.05, 0) is 63.4 Å². The summed E-state index contributed by atoms with van der Waals surface area (Å²) < 4.78 is 33.5. The molecule has 2 heterocycles. The number of aliphatic hydroxyl groups excluding tert-OH is 1. The van der Waals surface area contributed by atoms with Gasteiger partial charge in [0.15, 0.2) is 0 Å². The topological polar surface area (TPSA) is 96.8 Å². The fourth-order valence-electron chi connectivity index (χ4n) is 3.46. The number of nitrogens with zero attached hydrogens (tertiary/aromatic N) is 2. The number of carbonyl (C=O) groups is 1. The first kappa shape index (κ1) is 22.2. The minimum absolute atomic E-state index is 0.000683. The summed E-state index contributed by atoms with van der Waals surface area (Å²) in [6, 6.07) is 8.40. The maximum atomic E-state index is 13.4. The molecule has 0 bridgehead atoms. The molecule has 1 aromatic heterocycles. The van der Waals surface area contributed by atoms with E-state index < -0.39 is 21.6 Å². The molecule has 1 aliphatic heterocycles. The summed E-state index contributed by atoms with van der Waals surface area (Å²) in [5.74, 6) is -0.650. The molecule has 1 aromatic carbocycles. The number of aromatic nitrogens is 1. The first-order chi connectivity index (χ1) is 14.0. The van der Waals surface area contributed by atoms with Crippen LogP contribution >= 0.6 is 0 Å². The summed E-state index contributed by atoms with van der Waals surface area (Å²) >= 11 is 0. The van der Waals surface area contributed by atoms with Crippen LogP contribution < -0.4 is 4.31 Å². The summed E-state index contributed by atoms with van der Waals surface area (Å²) in [7, 11) is -3.85. The highest BCUT2D eigenvalue weighted by atomic mass is 32.2. The van der Waals surface area contributed by atoms with Gasteiger partial charge in [0.1, 0.15) is 5.60 Å². The molecule has 1 N–H and O–H groups in total. The second-order valence-corrected chi connectivity index (χ2v) is 10.5. The first-order valence-electron chi connectivity index (χ1n) is 9.89. The van der Waals surface area contributed by atoms with Crippen molar-refractivity contribution < 1.29 is 23.1 Å². The molecule has 8 heteroatoms. The number of ether oxygens (including phenoxy) is 1. The molecule has 3 rings (SSSR count). The fourth-order valence-corrected chi connectivity index (χ4v) is 5.13. The van der Waals surface area contributed by atoms with Crippen LogP contribution in [0.4, 0.5) is 5.69 Å². The number of carbonyl (C=O) groups excluding carboxylic acids is 1. The third-order valence-electron chi connectivity index (χ3n) is 4.78. The number of aliphatic hydroxyl groups is 1. The molecular formula is C22H28N2O5S. The normalized spacial score (nSPS) is 16.8. The molecule has 0 spiro atoms. The van der Waals surface area contributed by atoms with E-state index in [4.69, 9.17) is 4.74 Å². The predicted molar refractivity (Wildman–Crippen MR) is 114 cm³/mol. The summed E-state index contributed by atoms with van der Waals surface area (Å²) in [6.07, 6.45) is 2.04. The summed E-state index contributed by atoms with van der Waals surface area (Å²) in [6.45, 7) is 7.22. The highest BCUT2D eigenvalue weighted by Crippen LogP contribution is 2.34. The maximum Gasteiger partial charge on any atom is 0.310 e. The largest absolute Gasteiger partial charge is 0.460 e. The van der Waals surface area contributed by atoms with Crippen molar-refractivity contribution in [2.75, 3.05) is 17.5 Å². The molecule has 1 atom stereocenters. The molecule has 0 fully saturated rings. The minimum Gasteiger partial charge on any atom is -0.460 e. The second-order valence-electron chi connectivity index (χ2n) is 8.68. The highest BCUT2D eigenvalue weighted by Gasteiger charge is 2.34. The number of esters is 1. The van der Waals surface area contributed by atoms with Gasteiger partial charge in [0.05, 0.1) is 22.7 Å². The Labute approximate surface area is 177 Å². The average molecular weight is 433 g/mol. The van der Waals surface area contributed by atoms with Crippen molar-refractivity contribution >= 4 is 21.7 Å². The van der Waals surface area contributed by atoms with Gasteiger partial charge in [0.25, 0.3) is 10.0 Å². The zero-order chi connectivity index (χ0) is 22.1. The van der Waals surface area contributed by atoms with Crippen LogP contribution in [0.5, 0.6) is 0 Å². The van der Waals surface area contributed by atoms with Gasteiger partial charge in [0.2, 0.25) is 0 Å². The van der Waals surface area contributed by atoms with Crippen LogP contribution in [-0.2, 0) is 32.4 Å². The number of aryl methyl sites for hydroxylation is 1. The lowest BCUT2D eigenvalue weighted by Gasteiger charge is -2.34. The number of benzene rings is 1. The van der Waals surface area contributed by atoms with Crippen LogP contribution in [-0.4, -0.2) is 43.2 Å². The monoisotopic (exact) mass is 432 g/mol. The van der Waals surface area contributed by atoms with E-state index in [1.165, 1.54) is 4.31 Å². The Bertz CT molecular complexity index is 1040. The van der Waals surface area contributed by atoms with Crippen LogP contribution in [0.25, 0.3) is 0 Å². The number of sulfonamides is 1. The number of anilines is 1. The van der Waals surface area contributed by atoms with E-state index in [0.717, 1.165) is 5.56 Å². The molecule has 162 valence electrons. The summed E-state index contributed by atoms with van der Waals surface area (Å²) in [5.41, 5.74) is 1.85. The minimum atomic E-state index is -3.85. The molecule has 0 amide bonds. The van der Waals surface area contributed by atoms with E-state index in [2.05, 4.69) is 4.98 Å². The third-order valence-corrected chi connectivity index (χ3v) is 6.56.